The van der Waals surface area contributed by atoms with Gasteiger partial charge in [-0.1, -0.05) is 93.6 Å². The Hall–Kier alpha value is -4.83. The van der Waals surface area contributed by atoms with Gasteiger partial charge < -0.3 is 4.57 Å². The topological polar surface area (TPSA) is 43.6 Å². The first-order chi connectivity index (χ1) is 19.0. The van der Waals surface area contributed by atoms with Crippen molar-refractivity contribution < 1.29 is 0 Å². The molecule has 0 aliphatic heterocycles. The molecule has 0 spiro atoms. The minimum atomic E-state index is -0.225. The standard InChI is InChI=1S/C35H28N4/c1-35(2,3)34-37-32(25-18-17-23-11-7-8-12-24(23)21-25)36-33(38-34)26-19-20-31-29(22-26)28-15-9-10-16-30(28)39(31)27-13-5-4-6-14-27/h4-22H,1-3H3. The normalized spacial score (nSPS) is 12.0. The van der Waals surface area contributed by atoms with Crippen molar-refractivity contribution in [2.75, 3.05) is 0 Å². The van der Waals surface area contributed by atoms with Crippen LogP contribution in [0.15, 0.2) is 115 Å². The number of aromatic nitrogens is 4. The van der Waals surface area contributed by atoms with Gasteiger partial charge in [-0.05, 0) is 53.2 Å². The number of nitrogens with zero attached hydrogens (tertiary/aromatic N) is 4. The molecule has 4 heteroatoms. The molecule has 7 rings (SSSR count). The summed E-state index contributed by atoms with van der Waals surface area (Å²) < 4.78 is 2.32. The van der Waals surface area contributed by atoms with Crippen LogP contribution in [0.25, 0.3) is 61.0 Å². The molecule has 4 nitrogen and oxygen atoms in total. The summed E-state index contributed by atoms with van der Waals surface area (Å²) in [6.07, 6.45) is 0. The van der Waals surface area contributed by atoms with Gasteiger partial charge in [-0.15, -0.1) is 0 Å². The van der Waals surface area contributed by atoms with Crippen molar-refractivity contribution in [3.05, 3.63) is 121 Å². The van der Waals surface area contributed by atoms with E-state index in [9.17, 15) is 0 Å². The third-order valence-corrected chi connectivity index (χ3v) is 7.26. The van der Waals surface area contributed by atoms with Crippen LogP contribution in [0.2, 0.25) is 0 Å². The van der Waals surface area contributed by atoms with E-state index in [1.807, 2.05) is 0 Å². The van der Waals surface area contributed by atoms with Crippen LogP contribution in [0.5, 0.6) is 0 Å². The number of hydrogen-bond acceptors (Lipinski definition) is 3. The lowest BCUT2D eigenvalue weighted by Gasteiger charge is -2.18. The van der Waals surface area contributed by atoms with Crippen molar-refractivity contribution >= 4 is 32.6 Å². The Morgan fingerprint density at radius 2 is 1.13 bits per heavy atom. The zero-order valence-electron chi connectivity index (χ0n) is 22.3. The zero-order valence-corrected chi connectivity index (χ0v) is 22.3. The predicted molar refractivity (Wildman–Crippen MR) is 161 cm³/mol. The van der Waals surface area contributed by atoms with Gasteiger partial charge in [-0.25, -0.2) is 15.0 Å². The SMILES string of the molecule is CC(C)(C)c1nc(-c2ccc3ccccc3c2)nc(-c2ccc3c(c2)c2ccccc2n3-c2ccccc2)n1. The van der Waals surface area contributed by atoms with Gasteiger partial charge in [0.1, 0.15) is 5.82 Å². The molecule has 0 radical (unpaired) electrons. The Labute approximate surface area is 227 Å². The van der Waals surface area contributed by atoms with Crippen molar-refractivity contribution in [2.45, 2.75) is 26.2 Å². The van der Waals surface area contributed by atoms with E-state index in [-0.39, 0.29) is 5.41 Å². The molecule has 0 saturated carbocycles. The third kappa shape index (κ3) is 4.05. The maximum atomic E-state index is 5.02. The molecule has 0 fully saturated rings. The molecule has 188 valence electrons. The molecular formula is C35H28N4. The maximum absolute atomic E-state index is 5.02. The summed E-state index contributed by atoms with van der Waals surface area (Å²) in [4.78, 5) is 14.9. The van der Waals surface area contributed by atoms with Crippen LogP contribution in [0.3, 0.4) is 0 Å². The summed E-state index contributed by atoms with van der Waals surface area (Å²) in [5.74, 6) is 2.17. The van der Waals surface area contributed by atoms with Gasteiger partial charge in [0.15, 0.2) is 11.6 Å². The van der Waals surface area contributed by atoms with Crippen molar-refractivity contribution in [3.63, 3.8) is 0 Å². The Morgan fingerprint density at radius 1 is 0.513 bits per heavy atom. The molecule has 5 aromatic carbocycles. The van der Waals surface area contributed by atoms with Crippen LogP contribution in [-0.2, 0) is 5.41 Å². The summed E-state index contributed by atoms with van der Waals surface area (Å²) in [6.45, 7) is 6.44. The molecule has 2 aromatic heterocycles. The smallest absolute Gasteiger partial charge is 0.163 e. The molecule has 0 bridgehead atoms. The molecule has 0 aliphatic rings. The Morgan fingerprint density at radius 3 is 1.90 bits per heavy atom. The highest BCUT2D eigenvalue weighted by Gasteiger charge is 2.22. The number of fused-ring (bicyclic) bond motifs is 4. The first kappa shape index (κ1) is 23.3. The van der Waals surface area contributed by atoms with Crippen molar-refractivity contribution in [3.8, 4) is 28.5 Å². The molecule has 0 saturated heterocycles. The number of para-hydroxylation sites is 2. The fourth-order valence-electron chi connectivity index (χ4n) is 5.27. The maximum Gasteiger partial charge on any atom is 0.163 e. The van der Waals surface area contributed by atoms with Crippen molar-refractivity contribution in [2.24, 2.45) is 0 Å². The summed E-state index contributed by atoms with van der Waals surface area (Å²) >= 11 is 0. The summed E-state index contributed by atoms with van der Waals surface area (Å²) in [5.41, 5.74) is 5.23. The highest BCUT2D eigenvalue weighted by atomic mass is 15.0. The van der Waals surface area contributed by atoms with Crippen molar-refractivity contribution in [1.29, 1.82) is 0 Å². The highest BCUT2D eigenvalue weighted by Crippen LogP contribution is 2.35. The molecular weight excluding hydrogens is 476 g/mol. The largest absolute Gasteiger partial charge is 0.309 e. The average molecular weight is 505 g/mol. The second-order valence-electron chi connectivity index (χ2n) is 11.0. The molecule has 7 aromatic rings. The minimum absolute atomic E-state index is 0.225. The van der Waals surface area contributed by atoms with E-state index < -0.39 is 0 Å². The molecule has 0 aliphatic carbocycles. The quantitative estimate of drug-likeness (QED) is 0.242. The van der Waals surface area contributed by atoms with Crippen LogP contribution < -0.4 is 0 Å². The average Bonchev–Trinajstić information content (AvgIpc) is 3.30. The molecule has 0 atom stereocenters. The van der Waals surface area contributed by atoms with Gasteiger partial charge in [0.05, 0.1) is 11.0 Å². The van der Waals surface area contributed by atoms with Crippen LogP contribution in [-0.4, -0.2) is 19.5 Å². The van der Waals surface area contributed by atoms with E-state index in [1.54, 1.807) is 0 Å². The lowest BCUT2D eigenvalue weighted by atomic mass is 9.95. The summed E-state index contributed by atoms with van der Waals surface area (Å²) in [7, 11) is 0. The lowest BCUT2D eigenvalue weighted by molar-refractivity contribution is 0.543. The van der Waals surface area contributed by atoms with Crippen molar-refractivity contribution in [1.82, 2.24) is 19.5 Å². The number of hydrogen-bond donors (Lipinski definition) is 0. The summed E-state index contributed by atoms with van der Waals surface area (Å²) in [6, 6.07) is 40.4. The van der Waals surface area contributed by atoms with Crippen LogP contribution >= 0.6 is 0 Å². The van der Waals surface area contributed by atoms with Crippen LogP contribution in [0, 0.1) is 0 Å². The van der Waals surface area contributed by atoms with Gasteiger partial charge >= 0.3 is 0 Å². The molecule has 39 heavy (non-hydrogen) atoms. The Bertz CT molecular complexity index is 2000. The van der Waals surface area contributed by atoms with E-state index in [4.69, 9.17) is 15.0 Å². The van der Waals surface area contributed by atoms with Crippen LogP contribution in [0.1, 0.15) is 26.6 Å². The fraction of sp³-hybridized carbons (Fsp3) is 0.114. The minimum Gasteiger partial charge on any atom is -0.309 e. The Kier molecular flexibility index (Phi) is 5.31. The van der Waals surface area contributed by atoms with Gasteiger partial charge in [-0.2, -0.15) is 0 Å². The van der Waals surface area contributed by atoms with E-state index in [2.05, 4.69) is 141 Å². The summed E-state index contributed by atoms with van der Waals surface area (Å²) in [5, 5.41) is 4.76. The second kappa shape index (κ2) is 8.88. The van der Waals surface area contributed by atoms with E-state index >= 15 is 0 Å². The molecule has 2 heterocycles. The lowest BCUT2D eigenvalue weighted by Crippen LogP contribution is -2.18. The van der Waals surface area contributed by atoms with Gasteiger partial charge in [0.25, 0.3) is 0 Å². The number of benzene rings is 5. The second-order valence-corrected chi connectivity index (χ2v) is 11.0. The van der Waals surface area contributed by atoms with E-state index in [1.165, 1.54) is 27.1 Å². The van der Waals surface area contributed by atoms with Gasteiger partial charge in [0.2, 0.25) is 0 Å². The first-order valence-corrected chi connectivity index (χ1v) is 13.3. The van der Waals surface area contributed by atoms with Gasteiger partial charge in [0, 0.05) is 33.0 Å². The monoisotopic (exact) mass is 504 g/mol. The Balaban J connectivity index is 1.44. The molecule has 0 amide bonds. The first-order valence-electron chi connectivity index (χ1n) is 13.3. The van der Waals surface area contributed by atoms with Gasteiger partial charge in [-0.3, -0.25) is 0 Å². The predicted octanol–water partition coefficient (Wildman–Crippen LogP) is 8.75. The zero-order chi connectivity index (χ0) is 26.6. The van der Waals surface area contributed by atoms with Crippen LogP contribution in [0.4, 0.5) is 0 Å². The fourth-order valence-corrected chi connectivity index (χ4v) is 5.27. The molecule has 0 N–H and O–H groups in total. The van der Waals surface area contributed by atoms with E-state index in [0.29, 0.717) is 11.6 Å². The highest BCUT2D eigenvalue weighted by molar-refractivity contribution is 6.10. The van der Waals surface area contributed by atoms with E-state index in [0.717, 1.165) is 28.2 Å². The number of rotatable bonds is 3. The third-order valence-electron chi connectivity index (χ3n) is 7.26. The molecule has 0 unspecified atom stereocenters.